The monoisotopic (exact) mass is 622 g/mol. The number of hydrogen-bond donors (Lipinski definition) is 3. The van der Waals surface area contributed by atoms with Crippen LogP contribution < -0.4 is 20.3 Å². The molecule has 3 aliphatic heterocycles. The van der Waals surface area contributed by atoms with Crippen LogP contribution in [-0.4, -0.2) is 76.6 Å². The molecule has 5 rings (SSSR count). The fourth-order valence-corrected chi connectivity index (χ4v) is 9.54. The Morgan fingerprint density at radius 2 is 1.59 bits per heavy atom. The molecule has 3 fully saturated rings. The molecule has 2 bridgehead atoms. The van der Waals surface area contributed by atoms with Gasteiger partial charge in [-0.15, -0.1) is 11.8 Å². The number of ether oxygens (including phenoxy) is 1. The van der Waals surface area contributed by atoms with Crippen molar-refractivity contribution >= 4 is 46.5 Å². The van der Waals surface area contributed by atoms with Crippen LogP contribution in [-0.2, 0) is 14.4 Å². The first-order valence-electron chi connectivity index (χ1n) is 16.2. The molecular weight excluding hydrogens is 576 g/mol. The van der Waals surface area contributed by atoms with E-state index < -0.39 is 22.6 Å². The summed E-state index contributed by atoms with van der Waals surface area (Å²) < 4.78 is 4.89. The maximum atomic E-state index is 14.2. The first-order valence-corrected chi connectivity index (χ1v) is 17.0. The van der Waals surface area contributed by atoms with Crippen molar-refractivity contribution < 1.29 is 24.2 Å². The van der Waals surface area contributed by atoms with Gasteiger partial charge >= 0.3 is 0 Å². The van der Waals surface area contributed by atoms with Gasteiger partial charge in [0, 0.05) is 48.6 Å². The summed E-state index contributed by atoms with van der Waals surface area (Å²) in [6.07, 6.45) is 4.72. The Hall–Kier alpha value is -3.24. The van der Waals surface area contributed by atoms with E-state index in [4.69, 9.17) is 4.74 Å². The van der Waals surface area contributed by atoms with Gasteiger partial charge in [0.05, 0.1) is 23.2 Å². The standard InChI is InChI=1S/C34H46N4O5S/c1-4-37(5-2)25-15-11-23(12-16-25)36-32(41)30-34-20-19-27(44-34)28(29(34)33(42)38(30)21-9-7-8-10-22-39)31(40)35-24-13-17-26(18-14-24)43-6-3/h11-18,27-30,39H,4-10,19-22H2,1-3H3,(H,35,40)(H,36,41)/t27-,28+,29-,30?,34?/m0/s1. The molecule has 10 heteroatoms. The highest BCUT2D eigenvalue weighted by molar-refractivity contribution is 8.02. The second-order valence-electron chi connectivity index (χ2n) is 11.9. The van der Waals surface area contributed by atoms with Crippen molar-refractivity contribution in [3.63, 3.8) is 0 Å². The van der Waals surface area contributed by atoms with E-state index in [0.29, 0.717) is 24.5 Å². The van der Waals surface area contributed by atoms with E-state index in [9.17, 15) is 19.5 Å². The van der Waals surface area contributed by atoms with E-state index in [-0.39, 0.29) is 29.6 Å². The number of thioether (sulfide) groups is 1. The Morgan fingerprint density at radius 3 is 2.23 bits per heavy atom. The first kappa shape index (κ1) is 32.2. The number of anilines is 3. The van der Waals surface area contributed by atoms with Gasteiger partial charge < -0.3 is 30.3 Å². The maximum absolute atomic E-state index is 14.2. The fourth-order valence-electron chi connectivity index (χ4n) is 7.32. The predicted molar refractivity (Wildman–Crippen MR) is 176 cm³/mol. The number of aliphatic hydroxyl groups is 1. The Balaban J connectivity index is 1.37. The molecule has 3 aliphatic rings. The zero-order valence-electron chi connectivity index (χ0n) is 26.1. The first-order chi connectivity index (χ1) is 21.4. The second-order valence-corrected chi connectivity index (χ2v) is 13.5. The predicted octanol–water partition coefficient (Wildman–Crippen LogP) is 5.15. The molecule has 2 aromatic rings. The van der Waals surface area contributed by atoms with Gasteiger partial charge in [-0.05, 0) is 95.0 Å². The van der Waals surface area contributed by atoms with Crippen LogP contribution in [0.25, 0.3) is 0 Å². The normalized spacial score (nSPS) is 25.2. The fraction of sp³-hybridized carbons (Fsp3) is 0.559. The highest BCUT2D eigenvalue weighted by Gasteiger charge is 2.73. The molecule has 44 heavy (non-hydrogen) atoms. The number of benzene rings is 2. The molecule has 0 aromatic heterocycles. The lowest BCUT2D eigenvalue weighted by molar-refractivity contribution is -0.138. The van der Waals surface area contributed by atoms with Gasteiger partial charge in [0.1, 0.15) is 11.8 Å². The third kappa shape index (κ3) is 6.29. The van der Waals surface area contributed by atoms with Crippen LogP contribution in [0.15, 0.2) is 48.5 Å². The molecule has 3 amide bonds. The summed E-state index contributed by atoms with van der Waals surface area (Å²) in [5, 5.41) is 15.4. The molecule has 0 aliphatic carbocycles. The number of rotatable bonds is 15. The Labute approximate surface area is 265 Å². The van der Waals surface area contributed by atoms with Crippen molar-refractivity contribution in [1.29, 1.82) is 0 Å². The van der Waals surface area contributed by atoms with E-state index in [1.54, 1.807) is 16.7 Å². The van der Waals surface area contributed by atoms with Crippen molar-refractivity contribution in [2.45, 2.75) is 75.3 Å². The number of nitrogens with one attached hydrogen (secondary N) is 2. The van der Waals surface area contributed by atoms with Crippen LogP contribution in [0.1, 0.15) is 59.3 Å². The van der Waals surface area contributed by atoms with Crippen LogP contribution in [0.2, 0.25) is 0 Å². The van der Waals surface area contributed by atoms with Gasteiger partial charge in [-0.1, -0.05) is 12.8 Å². The number of carbonyl (C=O) groups excluding carboxylic acids is 3. The third-order valence-corrected chi connectivity index (χ3v) is 11.3. The molecule has 0 radical (unpaired) electrons. The number of carbonyl (C=O) groups is 3. The van der Waals surface area contributed by atoms with Gasteiger partial charge in [-0.3, -0.25) is 14.4 Å². The lowest BCUT2D eigenvalue weighted by Gasteiger charge is -2.34. The lowest BCUT2D eigenvalue weighted by Crippen LogP contribution is -2.51. The molecule has 3 heterocycles. The van der Waals surface area contributed by atoms with E-state index in [2.05, 4.69) is 29.4 Å². The highest BCUT2D eigenvalue weighted by Crippen LogP contribution is 2.66. The molecule has 5 atom stereocenters. The molecule has 3 N–H and O–H groups in total. The highest BCUT2D eigenvalue weighted by atomic mass is 32.2. The van der Waals surface area contributed by atoms with Crippen molar-refractivity contribution in [3.8, 4) is 5.75 Å². The second kappa shape index (κ2) is 14.2. The minimum Gasteiger partial charge on any atom is -0.494 e. The molecule has 0 saturated carbocycles. The van der Waals surface area contributed by atoms with Gasteiger partial charge in [-0.25, -0.2) is 0 Å². The number of fused-ring (bicyclic) bond motifs is 1. The largest absolute Gasteiger partial charge is 0.494 e. The molecule has 1 spiro atoms. The topological polar surface area (TPSA) is 111 Å². The van der Waals surface area contributed by atoms with Gasteiger partial charge in [0.15, 0.2) is 0 Å². The smallest absolute Gasteiger partial charge is 0.248 e. The summed E-state index contributed by atoms with van der Waals surface area (Å²) in [4.78, 5) is 46.2. The van der Waals surface area contributed by atoms with Crippen molar-refractivity contribution in [3.05, 3.63) is 48.5 Å². The summed E-state index contributed by atoms with van der Waals surface area (Å²) in [7, 11) is 0. The summed E-state index contributed by atoms with van der Waals surface area (Å²) in [6, 6.07) is 14.5. The SMILES string of the molecule is CCOc1ccc(NC(=O)[C@@H]2[C@@H]3CCC4(S3)C(C(=O)Nc3ccc(N(CC)CC)cc3)N(CCCCCCO)C(=O)[C@H]24)cc1. The lowest BCUT2D eigenvalue weighted by atomic mass is 9.70. The third-order valence-electron chi connectivity index (χ3n) is 9.35. The zero-order valence-corrected chi connectivity index (χ0v) is 26.9. The van der Waals surface area contributed by atoms with Crippen molar-refractivity contribution in [2.24, 2.45) is 11.8 Å². The van der Waals surface area contributed by atoms with Crippen LogP contribution in [0.3, 0.4) is 0 Å². The zero-order chi connectivity index (χ0) is 31.3. The minimum atomic E-state index is -0.654. The maximum Gasteiger partial charge on any atom is 0.248 e. The summed E-state index contributed by atoms with van der Waals surface area (Å²) in [5.74, 6) is -0.763. The Morgan fingerprint density at radius 1 is 0.955 bits per heavy atom. The van der Waals surface area contributed by atoms with Gasteiger partial charge in [0.25, 0.3) is 0 Å². The summed E-state index contributed by atoms with van der Waals surface area (Å²) in [5.41, 5.74) is 2.45. The van der Waals surface area contributed by atoms with Crippen LogP contribution in [0.4, 0.5) is 17.1 Å². The van der Waals surface area contributed by atoms with E-state index in [0.717, 1.165) is 63.1 Å². The molecule has 3 saturated heterocycles. The van der Waals surface area contributed by atoms with Crippen molar-refractivity contribution in [1.82, 2.24) is 4.90 Å². The molecule has 9 nitrogen and oxygen atoms in total. The van der Waals surface area contributed by atoms with Gasteiger partial charge in [-0.2, -0.15) is 0 Å². The quantitative estimate of drug-likeness (QED) is 0.236. The minimum absolute atomic E-state index is 0.0120. The van der Waals surface area contributed by atoms with E-state index >= 15 is 0 Å². The van der Waals surface area contributed by atoms with Gasteiger partial charge in [0.2, 0.25) is 17.7 Å². The molecule has 2 aromatic carbocycles. The average molecular weight is 623 g/mol. The van der Waals surface area contributed by atoms with E-state index in [1.807, 2.05) is 55.5 Å². The molecular formula is C34H46N4O5S. The van der Waals surface area contributed by atoms with Crippen LogP contribution in [0, 0.1) is 11.8 Å². The molecule has 2 unspecified atom stereocenters. The molecule has 238 valence electrons. The Kier molecular flexibility index (Phi) is 10.4. The number of hydrogen-bond acceptors (Lipinski definition) is 7. The average Bonchev–Trinajstić information content (AvgIpc) is 3.67. The van der Waals surface area contributed by atoms with Crippen LogP contribution >= 0.6 is 11.8 Å². The van der Waals surface area contributed by atoms with E-state index in [1.165, 1.54) is 0 Å². The number of unbranched alkanes of at least 4 members (excludes halogenated alkanes) is 3. The number of nitrogens with zero attached hydrogens (tertiary/aromatic N) is 2. The summed E-state index contributed by atoms with van der Waals surface area (Å²) in [6.45, 7) is 9.12. The number of likely N-dealkylation sites (tertiary alicyclic amines) is 1. The van der Waals surface area contributed by atoms with Crippen LogP contribution in [0.5, 0.6) is 5.75 Å². The number of amides is 3. The van der Waals surface area contributed by atoms with Crippen molar-refractivity contribution in [2.75, 3.05) is 48.4 Å². The number of aliphatic hydroxyl groups excluding tert-OH is 1. The summed E-state index contributed by atoms with van der Waals surface area (Å²) >= 11 is 1.68. The Bertz CT molecular complexity index is 1300.